The van der Waals surface area contributed by atoms with Crippen molar-refractivity contribution >= 4 is 7.60 Å². The monoisotopic (exact) mass is 332 g/mol. The lowest BCUT2D eigenvalue weighted by atomic mass is 10.1. The summed E-state index contributed by atoms with van der Waals surface area (Å²) in [7, 11) is -3.76. The van der Waals surface area contributed by atoms with Crippen LogP contribution in [0.15, 0.2) is 12.2 Å². The van der Waals surface area contributed by atoms with E-state index in [0.29, 0.717) is 6.42 Å². The van der Waals surface area contributed by atoms with Gasteiger partial charge in [0.05, 0.1) is 0 Å². The molecule has 0 aromatic heterocycles. The zero-order valence-corrected chi connectivity index (χ0v) is 15.4. The van der Waals surface area contributed by atoms with E-state index in [2.05, 4.69) is 19.1 Å². The van der Waals surface area contributed by atoms with Crippen LogP contribution in [0.4, 0.5) is 0 Å². The van der Waals surface area contributed by atoms with Gasteiger partial charge in [-0.25, -0.2) is 0 Å². The highest BCUT2D eigenvalue weighted by atomic mass is 31.2. The van der Waals surface area contributed by atoms with Gasteiger partial charge < -0.3 is 9.79 Å². The molecule has 0 radical (unpaired) electrons. The van der Waals surface area contributed by atoms with Gasteiger partial charge in [-0.15, -0.1) is 0 Å². The van der Waals surface area contributed by atoms with Crippen molar-refractivity contribution in [3.05, 3.63) is 12.2 Å². The van der Waals surface area contributed by atoms with E-state index in [0.717, 1.165) is 12.8 Å². The van der Waals surface area contributed by atoms with Crippen molar-refractivity contribution in [2.75, 3.05) is 6.16 Å². The molecule has 2 N–H and O–H groups in total. The second-order valence-corrected chi connectivity index (χ2v) is 8.10. The highest BCUT2D eigenvalue weighted by Crippen LogP contribution is 2.35. The Morgan fingerprint density at radius 1 is 0.682 bits per heavy atom. The molecule has 0 amide bonds. The smallest absolute Gasteiger partial charge is 0.324 e. The number of unbranched alkanes of at least 4 members (excludes halogenated alkanes) is 12. The quantitative estimate of drug-likeness (QED) is 0.201. The lowest BCUT2D eigenvalue weighted by Gasteiger charge is -2.03. The SMILES string of the molecule is CCCCCCCC/C=C\CCCCCCCCP(=O)(O)O. The molecule has 0 aliphatic rings. The van der Waals surface area contributed by atoms with E-state index in [1.807, 2.05) is 0 Å². The van der Waals surface area contributed by atoms with Crippen LogP contribution in [0.2, 0.25) is 0 Å². The third-order valence-corrected chi connectivity index (χ3v) is 4.86. The van der Waals surface area contributed by atoms with Gasteiger partial charge in [0.25, 0.3) is 0 Å². The van der Waals surface area contributed by atoms with E-state index in [4.69, 9.17) is 9.79 Å². The van der Waals surface area contributed by atoms with Crippen LogP contribution in [0.25, 0.3) is 0 Å². The molecule has 0 spiro atoms. The maximum absolute atomic E-state index is 10.7. The van der Waals surface area contributed by atoms with E-state index in [9.17, 15) is 4.57 Å². The van der Waals surface area contributed by atoms with E-state index in [1.165, 1.54) is 70.6 Å². The molecule has 0 aliphatic carbocycles. The second kappa shape index (κ2) is 15.8. The average molecular weight is 332 g/mol. The van der Waals surface area contributed by atoms with Crippen LogP contribution in [0.3, 0.4) is 0 Å². The molecule has 0 aliphatic heterocycles. The number of rotatable bonds is 16. The average Bonchev–Trinajstić information content (AvgIpc) is 2.45. The van der Waals surface area contributed by atoms with Crippen molar-refractivity contribution in [1.82, 2.24) is 0 Å². The Hall–Kier alpha value is -0.110. The Balaban J connectivity index is 3.13. The van der Waals surface area contributed by atoms with Crippen LogP contribution in [-0.2, 0) is 4.57 Å². The zero-order valence-electron chi connectivity index (χ0n) is 14.5. The van der Waals surface area contributed by atoms with Gasteiger partial charge in [-0.05, 0) is 32.1 Å². The normalized spacial score (nSPS) is 12.3. The van der Waals surface area contributed by atoms with Gasteiger partial charge in [0.2, 0.25) is 0 Å². The molecule has 132 valence electrons. The molecule has 3 nitrogen and oxygen atoms in total. The molecule has 0 aromatic rings. The summed E-state index contributed by atoms with van der Waals surface area (Å²) in [5, 5.41) is 0. The van der Waals surface area contributed by atoms with E-state index in [-0.39, 0.29) is 6.16 Å². The molecular formula is C18H37O3P. The third-order valence-electron chi connectivity index (χ3n) is 3.96. The van der Waals surface area contributed by atoms with Gasteiger partial charge in [-0.3, -0.25) is 4.57 Å². The van der Waals surface area contributed by atoms with Crippen LogP contribution in [0.5, 0.6) is 0 Å². The first-order valence-corrected chi connectivity index (χ1v) is 11.1. The van der Waals surface area contributed by atoms with Crippen LogP contribution in [0.1, 0.15) is 96.8 Å². The van der Waals surface area contributed by atoms with Crippen molar-refractivity contribution < 1.29 is 14.4 Å². The Bertz CT molecular complexity index is 297. The molecule has 0 saturated heterocycles. The van der Waals surface area contributed by atoms with Gasteiger partial charge >= 0.3 is 7.60 Å². The highest BCUT2D eigenvalue weighted by Gasteiger charge is 2.10. The van der Waals surface area contributed by atoms with Crippen molar-refractivity contribution in [3.8, 4) is 0 Å². The van der Waals surface area contributed by atoms with Gasteiger partial charge in [-0.1, -0.05) is 76.9 Å². The van der Waals surface area contributed by atoms with Crippen LogP contribution in [0, 0.1) is 0 Å². The molecule has 0 aromatic carbocycles. The van der Waals surface area contributed by atoms with E-state index < -0.39 is 7.60 Å². The summed E-state index contributed by atoms with van der Waals surface area (Å²) in [5.74, 6) is 0. The predicted octanol–water partition coefficient (Wildman–Crippen LogP) is 6.20. The van der Waals surface area contributed by atoms with E-state index >= 15 is 0 Å². The number of hydrogen-bond acceptors (Lipinski definition) is 1. The summed E-state index contributed by atoms with van der Waals surface area (Å²) in [5.41, 5.74) is 0. The first kappa shape index (κ1) is 21.9. The summed E-state index contributed by atoms with van der Waals surface area (Å²) in [4.78, 5) is 17.5. The Kier molecular flexibility index (Phi) is 15.7. The van der Waals surface area contributed by atoms with Crippen LogP contribution < -0.4 is 0 Å². The maximum Gasteiger partial charge on any atom is 0.325 e. The second-order valence-electron chi connectivity index (χ2n) is 6.33. The molecule has 0 rings (SSSR count). The summed E-state index contributed by atoms with van der Waals surface area (Å²) in [6.07, 6.45) is 21.7. The highest BCUT2D eigenvalue weighted by molar-refractivity contribution is 7.51. The van der Waals surface area contributed by atoms with E-state index in [1.54, 1.807) is 0 Å². The van der Waals surface area contributed by atoms with Crippen molar-refractivity contribution in [1.29, 1.82) is 0 Å². The largest absolute Gasteiger partial charge is 0.325 e. The number of allylic oxidation sites excluding steroid dienone is 2. The van der Waals surface area contributed by atoms with Crippen LogP contribution >= 0.6 is 7.60 Å². The zero-order chi connectivity index (χ0) is 16.5. The molecular weight excluding hydrogens is 295 g/mol. The topological polar surface area (TPSA) is 57.5 Å². The van der Waals surface area contributed by atoms with Gasteiger partial charge in [-0.2, -0.15) is 0 Å². The predicted molar refractivity (Wildman–Crippen MR) is 96.4 cm³/mol. The Labute approximate surface area is 137 Å². The van der Waals surface area contributed by atoms with Gasteiger partial charge in [0, 0.05) is 6.16 Å². The van der Waals surface area contributed by atoms with Gasteiger partial charge in [0.15, 0.2) is 0 Å². The summed E-state index contributed by atoms with van der Waals surface area (Å²) in [6, 6.07) is 0. The molecule has 0 fully saturated rings. The number of hydrogen-bond donors (Lipinski definition) is 2. The first-order valence-electron chi connectivity index (χ1n) is 9.26. The molecule has 0 bridgehead atoms. The van der Waals surface area contributed by atoms with Crippen LogP contribution in [-0.4, -0.2) is 15.9 Å². The van der Waals surface area contributed by atoms with Gasteiger partial charge in [0.1, 0.15) is 0 Å². The molecule has 4 heteroatoms. The maximum atomic E-state index is 10.7. The lowest BCUT2D eigenvalue weighted by Crippen LogP contribution is -1.88. The fourth-order valence-electron chi connectivity index (χ4n) is 2.57. The molecule has 0 heterocycles. The molecule has 0 saturated carbocycles. The lowest BCUT2D eigenvalue weighted by molar-refractivity contribution is 0.370. The molecule has 0 unspecified atom stereocenters. The summed E-state index contributed by atoms with van der Waals surface area (Å²) >= 11 is 0. The standard InChI is InChI=1S/C18H37O3P/c1-2-3-4-5-6-7-8-9-10-11-12-13-14-15-16-17-18-22(19,20)21/h9-10H,2-8,11-18H2,1H3,(H2,19,20,21)/b10-9-. The molecule has 22 heavy (non-hydrogen) atoms. The van der Waals surface area contributed by atoms with Crippen molar-refractivity contribution in [3.63, 3.8) is 0 Å². The summed E-state index contributed by atoms with van der Waals surface area (Å²) in [6.45, 7) is 2.26. The Morgan fingerprint density at radius 3 is 1.55 bits per heavy atom. The summed E-state index contributed by atoms with van der Waals surface area (Å²) < 4.78 is 10.7. The minimum atomic E-state index is -3.76. The fourth-order valence-corrected chi connectivity index (χ4v) is 3.20. The molecule has 0 atom stereocenters. The minimum Gasteiger partial charge on any atom is -0.324 e. The Morgan fingerprint density at radius 2 is 1.09 bits per heavy atom. The minimum absolute atomic E-state index is 0.0498. The fraction of sp³-hybridized carbons (Fsp3) is 0.889. The third kappa shape index (κ3) is 19.9. The van der Waals surface area contributed by atoms with Crippen molar-refractivity contribution in [2.24, 2.45) is 0 Å². The first-order chi connectivity index (χ1) is 10.6. The van der Waals surface area contributed by atoms with Crippen molar-refractivity contribution in [2.45, 2.75) is 96.8 Å².